The number of nitro groups is 3. The molecule has 2 aromatic carbocycles. The van der Waals surface area contributed by atoms with E-state index < -0.39 is 37.6 Å². The average molecular weight is 350 g/mol. The van der Waals surface area contributed by atoms with Crippen LogP contribution in [0, 0.1) is 30.3 Å². The molecule has 0 aliphatic heterocycles. The molecule has 0 aliphatic rings. The average Bonchev–Trinajstić information content (AvgIpc) is 2.56. The number of non-ortho nitro benzene ring substituents is 1. The minimum atomic E-state index is -1.46. The number of nitrogens with zero attached hydrogens (tertiary/aromatic N) is 3. The maximum absolute atomic E-state index is 11.1. The molecule has 0 fully saturated rings. The van der Waals surface area contributed by atoms with E-state index in [1.807, 2.05) is 6.07 Å². The van der Waals surface area contributed by atoms with E-state index in [1.54, 1.807) is 0 Å². The van der Waals surface area contributed by atoms with Crippen molar-refractivity contribution < 1.29 is 25.6 Å². The SMILES string of the molecule is O=[N+]([O-])c1cc([N+](=O)[O-])c([O-])c([N+](=O)[O-])c1.[NH3+]CCc1ccccc1. The smallest absolute Gasteiger partial charge is 0.283 e. The summed E-state index contributed by atoms with van der Waals surface area (Å²) in [6, 6.07) is 11.2. The molecule has 3 N–H and O–H groups in total. The summed E-state index contributed by atoms with van der Waals surface area (Å²) in [5.74, 6) is -1.46. The first kappa shape index (κ1) is 19.4. The molecule has 0 radical (unpaired) electrons. The molecular formula is C14H14N4O7. The third kappa shape index (κ3) is 5.51. The Morgan fingerprint density at radius 2 is 1.32 bits per heavy atom. The zero-order chi connectivity index (χ0) is 19.0. The van der Waals surface area contributed by atoms with Crippen LogP contribution in [0.15, 0.2) is 42.5 Å². The molecule has 2 rings (SSSR count). The highest BCUT2D eigenvalue weighted by atomic mass is 16.6. The third-order valence-electron chi connectivity index (χ3n) is 2.95. The molecule has 0 amide bonds. The number of rotatable bonds is 5. The molecule has 0 bridgehead atoms. The molecule has 0 unspecified atom stereocenters. The lowest BCUT2D eigenvalue weighted by molar-refractivity contribution is -0.420. The maximum atomic E-state index is 11.1. The number of benzene rings is 2. The van der Waals surface area contributed by atoms with Gasteiger partial charge in [-0.05, 0) is 5.56 Å². The van der Waals surface area contributed by atoms with Gasteiger partial charge in [0.05, 0.1) is 39.2 Å². The molecule has 132 valence electrons. The van der Waals surface area contributed by atoms with Gasteiger partial charge in [0, 0.05) is 6.42 Å². The summed E-state index contributed by atoms with van der Waals surface area (Å²) in [7, 11) is 0. The fourth-order valence-corrected chi connectivity index (χ4v) is 1.81. The molecule has 25 heavy (non-hydrogen) atoms. The van der Waals surface area contributed by atoms with E-state index >= 15 is 0 Å². The van der Waals surface area contributed by atoms with Gasteiger partial charge in [-0.3, -0.25) is 30.3 Å². The Balaban J connectivity index is 0.000000293. The lowest BCUT2D eigenvalue weighted by atomic mass is 10.2. The number of hydrogen-bond donors (Lipinski definition) is 1. The Morgan fingerprint density at radius 3 is 1.68 bits per heavy atom. The van der Waals surface area contributed by atoms with Crippen LogP contribution in [0.1, 0.15) is 5.56 Å². The van der Waals surface area contributed by atoms with Crippen molar-refractivity contribution in [2.75, 3.05) is 6.54 Å². The van der Waals surface area contributed by atoms with Crippen molar-refractivity contribution in [2.24, 2.45) is 0 Å². The monoisotopic (exact) mass is 350 g/mol. The Morgan fingerprint density at radius 1 is 0.840 bits per heavy atom. The topological polar surface area (TPSA) is 180 Å². The molecular weight excluding hydrogens is 336 g/mol. The second kappa shape index (κ2) is 8.88. The van der Waals surface area contributed by atoms with E-state index in [9.17, 15) is 35.4 Å². The number of quaternary nitrogens is 1. The van der Waals surface area contributed by atoms with E-state index in [1.165, 1.54) is 5.56 Å². The number of nitro benzene ring substituents is 3. The summed E-state index contributed by atoms with van der Waals surface area (Å²) in [5, 5.41) is 42.1. The summed E-state index contributed by atoms with van der Waals surface area (Å²) in [6.45, 7) is 0.990. The van der Waals surface area contributed by atoms with Crippen LogP contribution in [0.2, 0.25) is 0 Å². The van der Waals surface area contributed by atoms with Crippen LogP contribution in [0.5, 0.6) is 5.75 Å². The van der Waals surface area contributed by atoms with Crippen LogP contribution < -0.4 is 10.8 Å². The lowest BCUT2D eigenvalue weighted by Crippen LogP contribution is -2.51. The van der Waals surface area contributed by atoms with Crippen molar-refractivity contribution in [3.63, 3.8) is 0 Å². The normalized spacial score (nSPS) is 9.64. The van der Waals surface area contributed by atoms with Crippen molar-refractivity contribution in [3.8, 4) is 5.75 Å². The Hall–Kier alpha value is -3.60. The van der Waals surface area contributed by atoms with Gasteiger partial charge >= 0.3 is 0 Å². The van der Waals surface area contributed by atoms with Crippen molar-refractivity contribution in [1.29, 1.82) is 0 Å². The van der Waals surface area contributed by atoms with E-state index in [0.29, 0.717) is 12.1 Å². The molecule has 11 nitrogen and oxygen atoms in total. The van der Waals surface area contributed by atoms with Gasteiger partial charge in [0.15, 0.2) is 0 Å². The van der Waals surface area contributed by atoms with E-state index in [2.05, 4.69) is 30.0 Å². The van der Waals surface area contributed by atoms with Gasteiger partial charge in [-0.15, -0.1) is 0 Å². The summed E-state index contributed by atoms with van der Waals surface area (Å²) < 4.78 is 0. The van der Waals surface area contributed by atoms with Gasteiger partial charge in [-0.2, -0.15) is 0 Å². The van der Waals surface area contributed by atoms with Crippen LogP contribution in [0.4, 0.5) is 17.1 Å². The molecule has 2 aromatic rings. The summed E-state index contributed by atoms with van der Waals surface area (Å²) in [5.41, 5.74) is 1.90. The number of hydrogen-bond acceptors (Lipinski definition) is 7. The van der Waals surface area contributed by atoms with Crippen LogP contribution >= 0.6 is 0 Å². The summed E-state index contributed by atoms with van der Waals surface area (Å²) in [4.78, 5) is 27.5. The maximum Gasteiger partial charge on any atom is 0.283 e. The van der Waals surface area contributed by atoms with Gasteiger partial charge in [-0.25, -0.2) is 0 Å². The minimum Gasteiger partial charge on any atom is -0.863 e. The van der Waals surface area contributed by atoms with Crippen molar-refractivity contribution in [1.82, 2.24) is 0 Å². The first-order valence-electron chi connectivity index (χ1n) is 6.89. The van der Waals surface area contributed by atoms with Crippen LogP contribution in [0.3, 0.4) is 0 Å². The molecule has 0 saturated heterocycles. The highest BCUT2D eigenvalue weighted by molar-refractivity contribution is 5.63. The predicted octanol–water partition coefficient (Wildman–Crippen LogP) is 0.956. The highest BCUT2D eigenvalue weighted by Gasteiger charge is 2.24. The first-order valence-corrected chi connectivity index (χ1v) is 6.89. The fourth-order valence-electron chi connectivity index (χ4n) is 1.81. The van der Waals surface area contributed by atoms with Crippen molar-refractivity contribution in [3.05, 3.63) is 78.4 Å². The summed E-state index contributed by atoms with van der Waals surface area (Å²) in [6.07, 6.45) is 1.10. The largest absolute Gasteiger partial charge is 0.863 e. The van der Waals surface area contributed by atoms with Gasteiger partial charge < -0.3 is 10.8 Å². The predicted molar refractivity (Wildman–Crippen MR) is 83.8 cm³/mol. The van der Waals surface area contributed by atoms with Gasteiger partial charge in [0.2, 0.25) is 0 Å². The van der Waals surface area contributed by atoms with E-state index in [-0.39, 0.29) is 0 Å². The van der Waals surface area contributed by atoms with Crippen LogP contribution in [-0.2, 0) is 6.42 Å². The van der Waals surface area contributed by atoms with Crippen molar-refractivity contribution in [2.45, 2.75) is 6.42 Å². The second-order valence-corrected chi connectivity index (χ2v) is 4.67. The Kier molecular flexibility index (Phi) is 6.91. The van der Waals surface area contributed by atoms with Crippen molar-refractivity contribution >= 4 is 17.1 Å². The van der Waals surface area contributed by atoms with E-state index in [4.69, 9.17) is 0 Å². The molecule has 0 atom stereocenters. The fraction of sp³-hybridized carbons (Fsp3) is 0.143. The molecule has 0 heterocycles. The highest BCUT2D eigenvalue weighted by Crippen LogP contribution is 2.36. The standard InChI is InChI=1S/C8H11N.C6H3N3O7/c9-7-6-8-4-2-1-3-5-8;10-6-4(8(13)14)1-3(7(11)12)2-5(6)9(15)16/h1-5H,6-7,9H2;1-2,10H. The minimum absolute atomic E-state index is 0.384. The Bertz CT molecular complexity index is 745. The zero-order valence-corrected chi connectivity index (χ0v) is 12.9. The lowest BCUT2D eigenvalue weighted by Gasteiger charge is -2.06. The van der Waals surface area contributed by atoms with Gasteiger partial charge in [0.25, 0.3) is 17.1 Å². The second-order valence-electron chi connectivity index (χ2n) is 4.67. The molecule has 0 aromatic heterocycles. The third-order valence-corrected chi connectivity index (χ3v) is 2.95. The van der Waals surface area contributed by atoms with E-state index in [0.717, 1.165) is 13.0 Å². The van der Waals surface area contributed by atoms with Gasteiger partial charge in [-0.1, -0.05) is 30.3 Å². The summed E-state index contributed by atoms with van der Waals surface area (Å²) >= 11 is 0. The Labute approximate surface area is 140 Å². The molecule has 11 heteroatoms. The quantitative estimate of drug-likeness (QED) is 0.615. The first-order chi connectivity index (χ1) is 11.8. The van der Waals surface area contributed by atoms with Crippen LogP contribution in [-0.4, -0.2) is 21.3 Å². The zero-order valence-electron chi connectivity index (χ0n) is 12.9. The van der Waals surface area contributed by atoms with Crippen LogP contribution in [0.25, 0.3) is 0 Å². The molecule has 0 saturated carbocycles. The molecule has 0 aliphatic carbocycles. The molecule has 0 spiro atoms. The van der Waals surface area contributed by atoms with Gasteiger partial charge in [0.1, 0.15) is 0 Å².